The maximum atomic E-state index is 9.70. The van der Waals surface area contributed by atoms with Crippen molar-refractivity contribution in [2.75, 3.05) is 30.9 Å². The highest BCUT2D eigenvalue weighted by Crippen LogP contribution is 2.44. The summed E-state index contributed by atoms with van der Waals surface area (Å²) in [6, 6.07) is 7.58. The largest absolute Gasteiger partial charge is 0.436 e. The summed E-state index contributed by atoms with van der Waals surface area (Å²) in [6.07, 6.45) is 1.88. The molecule has 0 radical (unpaired) electrons. The first-order valence-corrected chi connectivity index (χ1v) is 10.2. The van der Waals surface area contributed by atoms with Crippen LogP contribution in [0, 0.1) is 11.8 Å². The van der Waals surface area contributed by atoms with E-state index < -0.39 is 0 Å². The predicted molar refractivity (Wildman–Crippen MR) is 115 cm³/mol. The number of oxazole rings is 1. The summed E-state index contributed by atoms with van der Waals surface area (Å²) in [6.45, 7) is 4.51. The van der Waals surface area contributed by atoms with Gasteiger partial charge in [-0.05, 0) is 43.7 Å². The topological polar surface area (TPSA) is 87.3 Å². The molecule has 0 spiro atoms. The summed E-state index contributed by atoms with van der Waals surface area (Å²) in [5, 5.41) is 13.6. The van der Waals surface area contributed by atoms with E-state index in [0.717, 1.165) is 18.4 Å². The number of rotatable bonds is 5. The minimum absolute atomic E-state index is 0.184. The number of para-hydroxylation sites is 2. The fourth-order valence-corrected chi connectivity index (χ4v) is 4.31. The van der Waals surface area contributed by atoms with E-state index in [9.17, 15) is 5.11 Å². The molecule has 2 heterocycles. The van der Waals surface area contributed by atoms with Crippen molar-refractivity contribution in [3.63, 3.8) is 0 Å². The minimum atomic E-state index is -0.241. The fourth-order valence-electron chi connectivity index (χ4n) is 4.06. The molecule has 0 aliphatic heterocycles. The Morgan fingerprint density at radius 3 is 2.69 bits per heavy atom. The van der Waals surface area contributed by atoms with Gasteiger partial charge in [0.25, 0.3) is 0 Å². The second-order valence-electron chi connectivity index (χ2n) is 8.23. The Bertz CT molecular complexity index is 1000. The Kier molecular flexibility index (Phi) is 5.12. The second-order valence-corrected chi connectivity index (χ2v) is 8.59. The first kappa shape index (κ1) is 19.9. The van der Waals surface area contributed by atoms with Crippen LogP contribution in [0.1, 0.15) is 26.7 Å². The maximum Gasteiger partial charge on any atom is 0.234 e. The molecule has 1 aliphatic carbocycles. The molecule has 3 unspecified atom stereocenters. The van der Waals surface area contributed by atoms with Gasteiger partial charge in [-0.2, -0.15) is 9.97 Å². The molecule has 1 aromatic carbocycles. The standard InChI is InChI=1S/C21H26ClN5O2/c1-12-13(11-28)9-10-21(12,2)26-18-16(17(22)24-20(25-18)27(3)4)19-23-14-7-5-6-8-15(14)29-19/h5-8,12-13,28H,9-11H2,1-4H3,(H,24,25,26). The number of nitrogens with zero attached hydrogens (tertiary/aromatic N) is 4. The van der Waals surface area contributed by atoms with Crippen LogP contribution in [0.2, 0.25) is 5.15 Å². The van der Waals surface area contributed by atoms with Crippen LogP contribution in [0.4, 0.5) is 11.8 Å². The van der Waals surface area contributed by atoms with Crippen molar-refractivity contribution in [1.29, 1.82) is 0 Å². The smallest absolute Gasteiger partial charge is 0.234 e. The molecular formula is C21H26ClN5O2. The van der Waals surface area contributed by atoms with Gasteiger partial charge in [0.05, 0.1) is 0 Å². The molecule has 0 amide bonds. The van der Waals surface area contributed by atoms with Crippen LogP contribution in [0.5, 0.6) is 0 Å². The van der Waals surface area contributed by atoms with E-state index in [1.54, 1.807) is 0 Å². The molecule has 1 aliphatic rings. The van der Waals surface area contributed by atoms with Crippen LogP contribution in [0.15, 0.2) is 28.7 Å². The predicted octanol–water partition coefficient (Wildman–Crippen LogP) is 4.21. The lowest BCUT2D eigenvalue weighted by atomic mass is 9.86. The molecule has 1 saturated carbocycles. The van der Waals surface area contributed by atoms with E-state index in [4.69, 9.17) is 21.0 Å². The number of nitrogens with one attached hydrogen (secondary N) is 1. The van der Waals surface area contributed by atoms with Crippen LogP contribution >= 0.6 is 11.6 Å². The van der Waals surface area contributed by atoms with Gasteiger partial charge in [-0.1, -0.05) is 30.7 Å². The van der Waals surface area contributed by atoms with E-state index in [-0.39, 0.29) is 29.1 Å². The molecule has 154 valence electrons. The van der Waals surface area contributed by atoms with Gasteiger partial charge in [0.2, 0.25) is 11.8 Å². The van der Waals surface area contributed by atoms with Gasteiger partial charge in [-0.25, -0.2) is 4.98 Å². The van der Waals surface area contributed by atoms with Gasteiger partial charge < -0.3 is 19.7 Å². The Balaban J connectivity index is 1.83. The number of halogens is 1. The normalized spacial score (nSPS) is 24.2. The van der Waals surface area contributed by atoms with Crippen LogP contribution in [0.25, 0.3) is 22.6 Å². The number of hydrogen-bond donors (Lipinski definition) is 2. The Hall–Kier alpha value is -2.38. The molecule has 2 aromatic heterocycles. The first-order chi connectivity index (χ1) is 13.8. The van der Waals surface area contributed by atoms with Gasteiger partial charge in [0.15, 0.2) is 5.58 Å². The van der Waals surface area contributed by atoms with Crippen molar-refractivity contribution in [1.82, 2.24) is 15.0 Å². The zero-order valence-electron chi connectivity index (χ0n) is 17.1. The molecule has 8 heteroatoms. The highest BCUT2D eigenvalue weighted by molar-refractivity contribution is 6.32. The van der Waals surface area contributed by atoms with E-state index >= 15 is 0 Å². The molecule has 0 saturated heterocycles. The molecule has 3 aromatic rings. The molecule has 7 nitrogen and oxygen atoms in total. The minimum Gasteiger partial charge on any atom is -0.436 e. The first-order valence-electron chi connectivity index (χ1n) is 9.82. The quantitative estimate of drug-likeness (QED) is 0.603. The average Bonchev–Trinajstić information content (AvgIpc) is 3.22. The number of aliphatic hydroxyl groups is 1. The van der Waals surface area contributed by atoms with Gasteiger partial charge in [-0.3, -0.25) is 0 Å². The Morgan fingerprint density at radius 1 is 1.28 bits per heavy atom. The fraction of sp³-hybridized carbons (Fsp3) is 0.476. The molecule has 3 atom stereocenters. The highest BCUT2D eigenvalue weighted by Gasteiger charge is 2.43. The SMILES string of the molecule is CC1C(CO)CCC1(C)Nc1nc(N(C)C)nc(Cl)c1-c1nc2ccccc2o1. The van der Waals surface area contributed by atoms with Crippen molar-refractivity contribution < 1.29 is 9.52 Å². The van der Waals surface area contributed by atoms with E-state index in [1.807, 2.05) is 43.3 Å². The second kappa shape index (κ2) is 7.46. The average molecular weight is 416 g/mol. The van der Waals surface area contributed by atoms with Crippen molar-refractivity contribution in [2.24, 2.45) is 11.8 Å². The van der Waals surface area contributed by atoms with Gasteiger partial charge >= 0.3 is 0 Å². The van der Waals surface area contributed by atoms with Gasteiger partial charge in [0.1, 0.15) is 22.1 Å². The summed E-state index contributed by atoms with van der Waals surface area (Å²) in [5.74, 6) is 2.00. The summed E-state index contributed by atoms with van der Waals surface area (Å²) < 4.78 is 5.97. The van der Waals surface area contributed by atoms with Crippen molar-refractivity contribution in [2.45, 2.75) is 32.2 Å². The summed E-state index contributed by atoms with van der Waals surface area (Å²) in [5.41, 5.74) is 1.74. The number of hydrogen-bond acceptors (Lipinski definition) is 7. The van der Waals surface area contributed by atoms with Crippen LogP contribution in [-0.4, -0.2) is 46.3 Å². The number of aromatic nitrogens is 3. The van der Waals surface area contributed by atoms with E-state index in [0.29, 0.717) is 28.8 Å². The third-order valence-electron chi connectivity index (χ3n) is 6.15. The maximum absolute atomic E-state index is 9.70. The number of anilines is 2. The molecule has 29 heavy (non-hydrogen) atoms. The van der Waals surface area contributed by atoms with Crippen molar-refractivity contribution >= 4 is 34.5 Å². The van der Waals surface area contributed by atoms with E-state index in [1.165, 1.54) is 0 Å². The zero-order chi connectivity index (χ0) is 20.8. The molecular weight excluding hydrogens is 390 g/mol. The summed E-state index contributed by atoms with van der Waals surface area (Å²) >= 11 is 6.61. The third kappa shape index (κ3) is 3.53. The number of fused-ring (bicyclic) bond motifs is 1. The molecule has 4 rings (SSSR count). The number of aliphatic hydroxyl groups excluding tert-OH is 1. The zero-order valence-corrected chi connectivity index (χ0v) is 17.9. The highest BCUT2D eigenvalue weighted by atomic mass is 35.5. The van der Waals surface area contributed by atoms with Crippen LogP contribution in [0.3, 0.4) is 0 Å². The van der Waals surface area contributed by atoms with Crippen LogP contribution in [-0.2, 0) is 0 Å². The van der Waals surface area contributed by atoms with Gasteiger partial charge in [0, 0.05) is 26.2 Å². The lowest BCUT2D eigenvalue weighted by Gasteiger charge is -2.33. The van der Waals surface area contributed by atoms with Crippen molar-refractivity contribution in [3.05, 3.63) is 29.4 Å². The molecule has 1 fully saturated rings. The van der Waals surface area contributed by atoms with E-state index in [2.05, 4.69) is 29.1 Å². The van der Waals surface area contributed by atoms with Crippen molar-refractivity contribution in [3.8, 4) is 11.5 Å². The number of benzene rings is 1. The third-order valence-corrected chi connectivity index (χ3v) is 6.42. The lowest BCUT2D eigenvalue weighted by Crippen LogP contribution is -2.40. The summed E-state index contributed by atoms with van der Waals surface area (Å²) in [4.78, 5) is 15.6. The lowest BCUT2D eigenvalue weighted by molar-refractivity contribution is 0.187. The molecule has 2 N–H and O–H groups in total. The molecule has 0 bridgehead atoms. The van der Waals surface area contributed by atoms with Gasteiger partial charge in [-0.15, -0.1) is 0 Å². The monoisotopic (exact) mass is 415 g/mol. The van der Waals surface area contributed by atoms with Crippen LogP contribution < -0.4 is 10.2 Å². The summed E-state index contributed by atoms with van der Waals surface area (Å²) in [7, 11) is 3.74. The Labute approximate surface area is 175 Å². The Morgan fingerprint density at radius 2 is 2.03 bits per heavy atom.